The van der Waals surface area contributed by atoms with E-state index in [4.69, 9.17) is 0 Å². The molecule has 0 aromatic heterocycles. The Hall–Kier alpha value is 0. The zero-order valence-electron chi connectivity index (χ0n) is 9.80. The third-order valence-electron chi connectivity index (χ3n) is 5.68. The first-order chi connectivity index (χ1) is 5.98. The van der Waals surface area contributed by atoms with Crippen molar-refractivity contribution in [3.05, 3.63) is 0 Å². The lowest BCUT2D eigenvalue weighted by atomic mass is 9.40. The molecule has 0 saturated heterocycles. The molecule has 2 fully saturated rings. The quantitative estimate of drug-likeness (QED) is 0.529. The van der Waals surface area contributed by atoms with Crippen LogP contribution >= 0.6 is 0 Å². The predicted octanol–water partition coefficient (Wildman–Crippen LogP) is 3.96. The molecule has 0 heterocycles. The first-order valence-electron chi connectivity index (χ1n) is 5.98. The van der Waals surface area contributed by atoms with E-state index in [2.05, 4.69) is 34.6 Å². The Morgan fingerprint density at radius 1 is 1.00 bits per heavy atom. The minimum absolute atomic E-state index is 0.686. The van der Waals surface area contributed by atoms with Gasteiger partial charge in [-0.2, -0.15) is 0 Å². The molecular weight excluding hydrogens is 156 g/mol. The Morgan fingerprint density at radius 3 is 2.23 bits per heavy atom. The molecular formula is C13H24. The van der Waals surface area contributed by atoms with Crippen LogP contribution in [-0.2, 0) is 0 Å². The summed E-state index contributed by atoms with van der Waals surface area (Å²) in [5, 5.41) is 0. The Labute approximate surface area is 83.1 Å². The first kappa shape index (κ1) is 9.55. The highest BCUT2D eigenvalue weighted by Gasteiger charge is 2.58. The first-order valence-corrected chi connectivity index (χ1v) is 5.98. The van der Waals surface area contributed by atoms with Crippen LogP contribution in [0.4, 0.5) is 0 Å². The lowest BCUT2D eigenvalue weighted by Gasteiger charge is -2.65. The van der Waals surface area contributed by atoms with Gasteiger partial charge < -0.3 is 0 Å². The Morgan fingerprint density at radius 2 is 1.62 bits per heavy atom. The lowest BCUT2D eigenvalue weighted by Crippen LogP contribution is -2.59. The van der Waals surface area contributed by atoms with E-state index in [1.165, 1.54) is 12.8 Å². The van der Waals surface area contributed by atoms with Crippen molar-refractivity contribution in [2.45, 2.75) is 47.5 Å². The van der Waals surface area contributed by atoms with E-state index in [-0.39, 0.29) is 0 Å². The molecule has 0 aliphatic heterocycles. The molecule has 2 aliphatic carbocycles. The van der Waals surface area contributed by atoms with Gasteiger partial charge in [-0.1, -0.05) is 34.6 Å². The lowest BCUT2D eigenvalue weighted by molar-refractivity contribution is -0.166. The van der Waals surface area contributed by atoms with Crippen molar-refractivity contribution in [2.24, 2.45) is 35.0 Å². The van der Waals surface area contributed by atoms with Crippen molar-refractivity contribution in [3.8, 4) is 0 Å². The highest BCUT2D eigenvalue weighted by Crippen LogP contribution is 2.65. The van der Waals surface area contributed by atoms with Gasteiger partial charge in [0.2, 0.25) is 0 Å². The molecule has 2 saturated carbocycles. The van der Waals surface area contributed by atoms with Crippen molar-refractivity contribution < 1.29 is 0 Å². The van der Waals surface area contributed by atoms with Crippen LogP contribution in [0.25, 0.3) is 0 Å². The Balaban J connectivity index is 2.20. The second kappa shape index (κ2) is 2.74. The summed E-state index contributed by atoms with van der Waals surface area (Å²) in [5.41, 5.74) is 0.686. The van der Waals surface area contributed by atoms with Gasteiger partial charge in [0.15, 0.2) is 0 Å². The summed E-state index contributed by atoms with van der Waals surface area (Å²) in [7, 11) is 0. The van der Waals surface area contributed by atoms with E-state index < -0.39 is 0 Å². The van der Waals surface area contributed by atoms with E-state index in [1.54, 1.807) is 0 Å². The maximum absolute atomic E-state index is 2.54. The largest absolute Gasteiger partial charge is 0.0625 e. The average molecular weight is 180 g/mol. The fourth-order valence-corrected chi connectivity index (χ4v) is 4.37. The molecule has 2 aliphatic rings. The van der Waals surface area contributed by atoms with Crippen LogP contribution in [0.15, 0.2) is 0 Å². The van der Waals surface area contributed by atoms with Crippen molar-refractivity contribution in [3.63, 3.8) is 0 Å². The third-order valence-corrected chi connectivity index (χ3v) is 5.68. The molecule has 0 nitrogen and oxygen atoms in total. The summed E-state index contributed by atoms with van der Waals surface area (Å²) in [6.07, 6.45) is 2.95. The van der Waals surface area contributed by atoms with Gasteiger partial charge in [-0.3, -0.25) is 0 Å². The van der Waals surface area contributed by atoms with Gasteiger partial charge in [0.25, 0.3) is 0 Å². The monoisotopic (exact) mass is 180 g/mol. The zero-order valence-corrected chi connectivity index (χ0v) is 9.80. The highest BCUT2D eigenvalue weighted by atomic mass is 14.6. The second-order valence-corrected chi connectivity index (χ2v) is 6.10. The molecule has 0 N–H and O–H groups in total. The van der Waals surface area contributed by atoms with Crippen molar-refractivity contribution in [1.29, 1.82) is 0 Å². The summed E-state index contributed by atoms with van der Waals surface area (Å²) in [6, 6.07) is 0. The molecule has 0 amide bonds. The van der Waals surface area contributed by atoms with E-state index in [1.807, 2.05) is 0 Å². The van der Waals surface area contributed by atoms with E-state index in [0.717, 1.165) is 29.6 Å². The predicted molar refractivity (Wildman–Crippen MR) is 57.5 cm³/mol. The summed E-state index contributed by atoms with van der Waals surface area (Å²) >= 11 is 0. The van der Waals surface area contributed by atoms with Crippen LogP contribution in [0.2, 0.25) is 0 Å². The molecule has 6 atom stereocenters. The van der Waals surface area contributed by atoms with Gasteiger partial charge in [-0.15, -0.1) is 0 Å². The van der Waals surface area contributed by atoms with Crippen molar-refractivity contribution in [1.82, 2.24) is 0 Å². The SMILES string of the molecule is CC1CC(C)C2(C)C(C)C(C)C2C1. The zero-order chi connectivity index (χ0) is 9.80. The van der Waals surface area contributed by atoms with Gasteiger partial charge in [-0.05, 0) is 47.8 Å². The third kappa shape index (κ3) is 1.04. The number of hydrogen-bond acceptors (Lipinski definition) is 0. The minimum Gasteiger partial charge on any atom is -0.0625 e. The average Bonchev–Trinajstić information content (AvgIpc) is 2.10. The molecule has 0 heteroatoms. The van der Waals surface area contributed by atoms with Crippen LogP contribution in [-0.4, -0.2) is 0 Å². The maximum Gasteiger partial charge on any atom is -0.0241 e. The second-order valence-electron chi connectivity index (χ2n) is 6.10. The normalized spacial score (nSPS) is 61.2. The van der Waals surface area contributed by atoms with Crippen LogP contribution in [0.3, 0.4) is 0 Å². The van der Waals surface area contributed by atoms with Crippen LogP contribution in [0.1, 0.15) is 47.5 Å². The van der Waals surface area contributed by atoms with Crippen LogP contribution in [0, 0.1) is 35.0 Å². The molecule has 0 aromatic rings. The summed E-state index contributed by atoms with van der Waals surface area (Å²) < 4.78 is 0. The molecule has 0 radical (unpaired) electrons. The molecule has 13 heavy (non-hydrogen) atoms. The number of rotatable bonds is 0. The van der Waals surface area contributed by atoms with E-state index in [0.29, 0.717) is 5.41 Å². The summed E-state index contributed by atoms with van der Waals surface area (Å²) in [6.45, 7) is 12.4. The maximum atomic E-state index is 2.54. The van der Waals surface area contributed by atoms with Crippen molar-refractivity contribution in [2.75, 3.05) is 0 Å². The van der Waals surface area contributed by atoms with Gasteiger partial charge in [0.05, 0.1) is 0 Å². The van der Waals surface area contributed by atoms with Crippen molar-refractivity contribution >= 4 is 0 Å². The Kier molecular flexibility index (Phi) is 2.02. The van der Waals surface area contributed by atoms with Gasteiger partial charge in [0, 0.05) is 0 Å². The summed E-state index contributed by atoms with van der Waals surface area (Å²) in [5.74, 6) is 4.90. The van der Waals surface area contributed by atoms with E-state index in [9.17, 15) is 0 Å². The van der Waals surface area contributed by atoms with E-state index >= 15 is 0 Å². The fourth-order valence-electron chi connectivity index (χ4n) is 4.37. The van der Waals surface area contributed by atoms with Crippen LogP contribution < -0.4 is 0 Å². The Bertz CT molecular complexity index is 208. The summed E-state index contributed by atoms with van der Waals surface area (Å²) in [4.78, 5) is 0. The van der Waals surface area contributed by atoms with Crippen LogP contribution in [0.5, 0.6) is 0 Å². The standard InChI is InChI=1S/C13H24/c1-8-6-9(2)13(5)11(4)10(3)12(13)7-8/h8-12H,6-7H2,1-5H3. The number of fused-ring (bicyclic) bond motifs is 1. The highest BCUT2D eigenvalue weighted by molar-refractivity contribution is 5.07. The molecule has 6 unspecified atom stereocenters. The fraction of sp³-hybridized carbons (Fsp3) is 1.00. The molecule has 2 rings (SSSR count). The molecule has 0 bridgehead atoms. The van der Waals surface area contributed by atoms with Gasteiger partial charge in [-0.25, -0.2) is 0 Å². The topological polar surface area (TPSA) is 0 Å². The molecule has 76 valence electrons. The molecule has 0 spiro atoms. The van der Waals surface area contributed by atoms with Gasteiger partial charge in [0.1, 0.15) is 0 Å². The minimum atomic E-state index is 0.686. The molecule has 0 aromatic carbocycles. The van der Waals surface area contributed by atoms with Gasteiger partial charge >= 0.3 is 0 Å². The smallest absolute Gasteiger partial charge is 0.0241 e. The number of hydrogen-bond donors (Lipinski definition) is 0.